The van der Waals surface area contributed by atoms with Crippen LogP contribution in [0.5, 0.6) is 0 Å². The Kier molecular flexibility index (Phi) is 8.11. The van der Waals surface area contributed by atoms with Crippen LogP contribution in [0.1, 0.15) is 30.6 Å². The number of ether oxygens (including phenoxy) is 1. The molecule has 1 aromatic rings. The minimum atomic E-state index is -0.200. The molecule has 0 spiro atoms. The second-order valence-corrected chi connectivity index (χ2v) is 5.26. The largest absolute Gasteiger partial charge is 0.385 e. The van der Waals surface area contributed by atoms with E-state index >= 15 is 0 Å². The summed E-state index contributed by atoms with van der Waals surface area (Å²) in [7, 11) is 3.37. The van der Waals surface area contributed by atoms with Crippen LogP contribution < -0.4 is 5.32 Å². The molecule has 1 rings (SSSR count). The first-order valence-corrected chi connectivity index (χ1v) is 7.93. The summed E-state index contributed by atoms with van der Waals surface area (Å²) < 4.78 is 4.98. The molecule has 0 fully saturated rings. The van der Waals surface area contributed by atoms with Crippen LogP contribution in [-0.4, -0.2) is 62.1 Å². The summed E-state index contributed by atoms with van der Waals surface area (Å²) in [5.74, 6) is -0.0282. The SMILES string of the molecule is CCN(CC)C(=O)c1cccc(NC(=O)N(C)CCCOC)c1. The van der Waals surface area contributed by atoms with Crippen LogP contribution in [0.2, 0.25) is 0 Å². The van der Waals surface area contributed by atoms with Gasteiger partial charge >= 0.3 is 6.03 Å². The van der Waals surface area contributed by atoms with Crippen molar-refractivity contribution in [2.45, 2.75) is 20.3 Å². The summed E-state index contributed by atoms with van der Waals surface area (Å²) in [6.07, 6.45) is 0.779. The number of urea groups is 1. The number of benzene rings is 1. The van der Waals surface area contributed by atoms with Gasteiger partial charge in [-0.05, 0) is 38.5 Å². The van der Waals surface area contributed by atoms with E-state index in [1.165, 1.54) is 0 Å². The molecular weight excluding hydrogens is 294 g/mol. The number of methoxy groups -OCH3 is 1. The Labute approximate surface area is 138 Å². The molecule has 1 aromatic carbocycles. The molecule has 0 aliphatic heterocycles. The highest BCUT2D eigenvalue weighted by Gasteiger charge is 2.14. The fourth-order valence-corrected chi connectivity index (χ4v) is 2.19. The first-order chi connectivity index (χ1) is 11.0. The van der Waals surface area contributed by atoms with Gasteiger partial charge < -0.3 is 19.9 Å². The van der Waals surface area contributed by atoms with E-state index in [9.17, 15) is 9.59 Å². The van der Waals surface area contributed by atoms with Crippen LogP contribution in [0.3, 0.4) is 0 Å². The van der Waals surface area contributed by atoms with Gasteiger partial charge in [-0.1, -0.05) is 6.07 Å². The maximum Gasteiger partial charge on any atom is 0.321 e. The molecule has 0 bridgehead atoms. The van der Waals surface area contributed by atoms with Crippen LogP contribution in [0.25, 0.3) is 0 Å². The molecule has 23 heavy (non-hydrogen) atoms. The van der Waals surface area contributed by atoms with Crippen molar-refractivity contribution in [2.75, 3.05) is 45.7 Å². The molecule has 128 valence electrons. The van der Waals surface area contributed by atoms with Crippen molar-refractivity contribution in [3.63, 3.8) is 0 Å². The third-order valence-corrected chi connectivity index (χ3v) is 3.60. The lowest BCUT2D eigenvalue weighted by Gasteiger charge is -2.20. The highest BCUT2D eigenvalue weighted by Crippen LogP contribution is 2.13. The van der Waals surface area contributed by atoms with E-state index < -0.39 is 0 Å². The predicted octanol–water partition coefficient (Wildman–Crippen LogP) is 2.67. The molecule has 0 radical (unpaired) electrons. The molecule has 0 aromatic heterocycles. The molecule has 6 heteroatoms. The van der Waals surface area contributed by atoms with Crippen LogP contribution in [0.15, 0.2) is 24.3 Å². The Morgan fingerprint density at radius 2 is 1.91 bits per heavy atom. The van der Waals surface area contributed by atoms with Gasteiger partial charge in [0.25, 0.3) is 5.91 Å². The number of hydrogen-bond acceptors (Lipinski definition) is 3. The maximum absolute atomic E-state index is 12.3. The summed E-state index contributed by atoms with van der Waals surface area (Å²) >= 11 is 0. The number of anilines is 1. The highest BCUT2D eigenvalue weighted by atomic mass is 16.5. The zero-order valence-corrected chi connectivity index (χ0v) is 14.5. The average molecular weight is 321 g/mol. The van der Waals surface area contributed by atoms with Crippen molar-refractivity contribution in [3.05, 3.63) is 29.8 Å². The fraction of sp³-hybridized carbons (Fsp3) is 0.529. The second-order valence-electron chi connectivity index (χ2n) is 5.26. The zero-order valence-electron chi connectivity index (χ0n) is 14.5. The normalized spacial score (nSPS) is 10.3. The molecule has 0 atom stereocenters. The van der Waals surface area contributed by atoms with E-state index in [4.69, 9.17) is 4.74 Å². The Morgan fingerprint density at radius 1 is 1.22 bits per heavy atom. The molecule has 0 heterocycles. The molecular formula is C17H27N3O3. The van der Waals surface area contributed by atoms with E-state index in [0.717, 1.165) is 6.42 Å². The van der Waals surface area contributed by atoms with E-state index in [1.807, 2.05) is 13.8 Å². The van der Waals surface area contributed by atoms with E-state index in [2.05, 4.69) is 5.32 Å². The summed E-state index contributed by atoms with van der Waals surface area (Å²) in [6, 6.07) is 6.82. The summed E-state index contributed by atoms with van der Waals surface area (Å²) in [5.41, 5.74) is 1.19. The smallest absolute Gasteiger partial charge is 0.321 e. The van der Waals surface area contributed by atoms with Gasteiger partial charge in [0.2, 0.25) is 0 Å². The van der Waals surface area contributed by atoms with Crippen molar-refractivity contribution < 1.29 is 14.3 Å². The summed E-state index contributed by atoms with van der Waals surface area (Å²) in [4.78, 5) is 27.8. The molecule has 0 aliphatic rings. The third kappa shape index (κ3) is 5.90. The Bertz CT molecular complexity index is 516. The van der Waals surface area contributed by atoms with Crippen molar-refractivity contribution >= 4 is 17.6 Å². The number of nitrogens with one attached hydrogen (secondary N) is 1. The molecule has 6 nitrogen and oxygen atoms in total. The summed E-state index contributed by atoms with van der Waals surface area (Å²) in [5, 5.41) is 2.81. The number of carbonyl (C=O) groups is 2. The van der Waals surface area contributed by atoms with Gasteiger partial charge in [0.15, 0.2) is 0 Å². The lowest BCUT2D eigenvalue weighted by molar-refractivity contribution is 0.0773. The van der Waals surface area contributed by atoms with Crippen molar-refractivity contribution in [2.24, 2.45) is 0 Å². The number of hydrogen-bond donors (Lipinski definition) is 1. The van der Waals surface area contributed by atoms with Crippen LogP contribution in [0.4, 0.5) is 10.5 Å². The topological polar surface area (TPSA) is 61.9 Å². The first-order valence-electron chi connectivity index (χ1n) is 7.93. The standard InChI is InChI=1S/C17H27N3O3/c1-5-20(6-2)16(21)14-9-7-10-15(13-14)18-17(22)19(3)11-8-12-23-4/h7,9-10,13H,5-6,8,11-12H2,1-4H3,(H,18,22). The fourth-order valence-electron chi connectivity index (χ4n) is 2.19. The molecule has 3 amide bonds. The van der Waals surface area contributed by atoms with Crippen molar-refractivity contribution in [1.29, 1.82) is 0 Å². The number of amides is 3. The van der Waals surface area contributed by atoms with Crippen LogP contribution >= 0.6 is 0 Å². The lowest BCUT2D eigenvalue weighted by Crippen LogP contribution is -2.33. The third-order valence-electron chi connectivity index (χ3n) is 3.60. The van der Waals surface area contributed by atoms with Crippen LogP contribution in [-0.2, 0) is 4.74 Å². The monoisotopic (exact) mass is 321 g/mol. The van der Waals surface area contributed by atoms with Gasteiger partial charge in [-0.15, -0.1) is 0 Å². The predicted molar refractivity (Wildman–Crippen MR) is 91.8 cm³/mol. The molecule has 1 N–H and O–H groups in total. The number of carbonyl (C=O) groups excluding carboxylic acids is 2. The van der Waals surface area contributed by atoms with Gasteiger partial charge in [-0.3, -0.25) is 4.79 Å². The van der Waals surface area contributed by atoms with Crippen molar-refractivity contribution in [1.82, 2.24) is 9.80 Å². The van der Waals surface area contributed by atoms with Gasteiger partial charge in [0.05, 0.1) is 0 Å². The molecule has 0 aliphatic carbocycles. The van der Waals surface area contributed by atoms with Gasteiger partial charge in [-0.2, -0.15) is 0 Å². The number of nitrogens with zero attached hydrogens (tertiary/aromatic N) is 2. The lowest BCUT2D eigenvalue weighted by atomic mass is 10.1. The van der Waals surface area contributed by atoms with Gasteiger partial charge in [0, 0.05) is 51.6 Å². The van der Waals surface area contributed by atoms with Gasteiger partial charge in [0.1, 0.15) is 0 Å². The first kappa shape index (κ1) is 19.0. The zero-order chi connectivity index (χ0) is 17.2. The Hall–Kier alpha value is -2.08. The van der Waals surface area contributed by atoms with E-state index in [-0.39, 0.29) is 11.9 Å². The Morgan fingerprint density at radius 3 is 2.52 bits per heavy atom. The quantitative estimate of drug-likeness (QED) is 0.749. The van der Waals surface area contributed by atoms with Gasteiger partial charge in [-0.25, -0.2) is 4.79 Å². The van der Waals surface area contributed by atoms with Crippen molar-refractivity contribution in [3.8, 4) is 0 Å². The molecule has 0 unspecified atom stereocenters. The summed E-state index contributed by atoms with van der Waals surface area (Å²) in [6.45, 7) is 6.44. The second kappa shape index (κ2) is 9.84. The van der Waals surface area contributed by atoms with E-state index in [1.54, 1.807) is 48.2 Å². The minimum absolute atomic E-state index is 0.0282. The maximum atomic E-state index is 12.3. The molecule has 0 saturated heterocycles. The highest BCUT2D eigenvalue weighted by molar-refractivity contribution is 5.96. The molecule has 0 saturated carbocycles. The average Bonchev–Trinajstić information content (AvgIpc) is 2.56. The number of rotatable bonds is 8. The van der Waals surface area contributed by atoms with Crippen LogP contribution in [0, 0.1) is 0 Å². The van der Waals surface area contributed by atoms with E-state index in [0.29, 0.717) is 37.5 Å². The minimum Gasteiger partial charge on any atom is -0.385 e. The Balaban J connectivity index is 2.69.